The summed E-state index contributed by atoms with van der Waals surface area (Å²) in [5.41, 5.74) is 0. The third kappa shape index (κ3) is 56.2. The van der Waals surface area contributed by atoms with Gasteiger partial charge in [0, 0.05) is 13.2 Å². The molecule has 2 atom stereocenters. The number of hydrogen-bond acceptors (Lipinski definition) is 8. The van der Waals surface area contributed by atoms with Crippen LogP contribution in [0.15, 0.2) is 0 Å². The van der Waals surface area contributed by atoms with E-state index in [0.717, 1.165) is 26.1 Å². The molecule has 0 aliphatic rings. The van der Waals surface area contributed by atoms with Crippen molar-refractivity contribution in [2.75, 3.05) is 26.4 Å². The molecule has 10 nitrogen and oxygen atoms in total. The Morgan fingerprint density at radius 3 is 1.37 bits per heavy atom. The minimum absolute atomic E-state index is 0.00667. The van der Waals surface area contributed by atoms with Gasteiger partial charge in [-0.05, 0) is 40.5 Å². The second kappa shape index (κ2) is 27.1. The molecule has 0 amide bonds. The SMILES string of the molecule is CC(=O)CC(=O)O.CC(=O)CC(=O)O.CC(O)COC(C)CO.CCCOCCC. The van der Waals surface area contributed by atoms with Crippen molar-refractivity contribution in [2.24, 2.45) is 0 Å². The van der Waals surface area contributed by atoms with Gasteiger partial charge in [-0.3, -0.25) is 19.2 Å². The molecular weight excluding hydrogens is 400 g/mol. The van der Waals surface area contributed by atoms with Gasteiger partial charge in [0.25, 0.3) is 0 Å². The first-order valence-electron chi connectivity index (χ1n) is 9.74. The van der Waals surface area contributed by atoms with Crippen LogP contribution in [0.2, 0.25) is 0 Å². The van der Waals surface area contributed by atoms with E-state index in [-0.39, 0.29) is 37.1 Å². The van der Waals surface area contributed by atoms with E-state index in [1.807, 2.05) is 0 Å². The molecule has 30 heavy (non-hydrogen) atoms. The summed E-state index contributed by atoms with van der Waals surface area (Å²) in [6.07, 6.45) is 0.943. The van der Waals surface area contributed by atoms with Crippen molar-refractivity contribution in [3.63, 3.8) is 0 Å². The van der Waals surface area contributed by atoms with Gasteiger partial charge in [-0.25, -0.2) is 0 Å². The highest BCUT2D eigenvalue weighted by Gasteiger charge is 2.01. The second-order valence-corrected chi connectivity index (χ2v) is 6.33. The number of aliphatic hydroxyl groups is 2. The lowest BCUT2D eigenvalue weighted by Gasteiger charge is -2.10. The molecule has 0 fully saturated rings. The Morgan fingerprint density at radius 1 is 0.833 bits per heavy atom. The third-order valence-electron chi connectivity index (χ3n) is 2.38. The number of Topliss-reactive ketones (excluding diaryl/α,β-unsaturated/α-hetero) is 2. The lowest BCUT2D eigenvalue weighted by molar-refractivity contribution is -0.141. The van der Waals surface area contributed by atoms with Crippen LogP contribution in [0.5, 0.6) is 0 Å². The van der Waals surface area contributed by atoms with E-state index in [4.69, 9.17) is 29.9 Å². The summed E-state index contributed by atoms with van der Waals surface area (Å²) < 4.78 is 10.1. The summed E-state index contributed by atoms with van der Waals surface area (Å²) in [4.78, 5) is 38.9. The van der Waals surface area contributed by atoms with Gasteiger partial charge in [-0.2, -0.15) is 0 Å². The van der Waals surface area contributed by atoms with E-state index in [1.165, 1.54) is 13.8 Å². The molecule has 180 valence electrons. The van der Waals surface area contributed by atoms with Crippen molar-refractivity contribution in [2.45, 2.75) is 79.4 Å². The number of carbonyl (C=O) groups excluding carboxylic acids is 2. The van der Waals surface area contributed by atoms with Gasteiger partial charge in [0.2, 0.25) is 0 Å². The summed E-state index contributed by atoms with van der Waals surface area (Å²) in [5, 5.41) is 32.9. The average molecular weight is 441 g/mol. The predicted molar refractivity (Wildman–Crippen MR) is 111 cm³/mol. The van der Waals surface area contributed by atoms with E-state index in [1.54, 1.807) is 13.8 Å². The fourth-order valence-corrected chi connectivity index (χ4v) is 1.17. The predicted octanol–water partition coefficient (Wildman–Crippen LogP) is 1.69. The smallest absolute Gasteiger partial charge is 0.310 e. The van der Waals surface area contributed by atoms with Crippen LogP contribution in [0.4, 0.5) is 0 Å². The quantitative estimate of drug-likeness (QED) is 0.259. The maximum absolute atomic E-state index is 9.87. The van der Waals surface area contributed by atoms with Gasteiger partial charge in [0.15, 0.2) is 0 Å². The molecule has 0 aromatic heterocycles. The molecule has 0 aromatic rings. The lowest BCUT2D eigenvalue weighted by Crippen LogP contribution is -2.19. The van der Waals surface area contributed by atoms with Gasteiger partial charge in [-0.15, -0.1) is 0 Å². The number of aliphatic carboxylic acids is 2. The fraction of sp³-hybridized carbons (Fsp3) is 0.800. The molecule has 0 aliphatic carbocycles. The summed E-state index contributed by atoms with van der Waals surface area (Å²) in [6, 6.07) is 0. The zero-order valence-corrected chi connectivity index (χ0v) is 19.0. The Balaban J connectivity index is -0.000000151. The maximum Gasteiger partial charge on any atom is 0.310 e. The van der Waals surface area contributed by atoms with Gasteiger partial charge in [0.1, 0.15) is 24.4 Å². The molecule has 0 bridgehead atoms. The zero-order chi connectivity index (χ0) is 24.5. The maximum atomic E-state index is 9.87. The number of carboxylic acids is 2. The number of carbonyl (C=O) groups is 4. The van der Waals surface area contributed by atoms with E-state index >= 15 is 0 Å². The Morgan fingerprint density at radius 2 is 1.20 bits per heavy atom. The van der Waals surface area contributed by atoms with Crippen molar-refractivity contribution in [1.82, 2.24) is 0 Å². The van der Waals surface area contributed by atoms with Crippen LogP contribution in [-0.2, 0) is 28.7 Å². The van der Waals surface area contributed by atoms with Crippen molar-refractivity contribution in [3.05, 3.63) is 0 Å². The number of ketones is 2. The third-order valence-corrected chi connectivity index (χ3v) is 2.38. The number of aliphatic hydroxyl groups excluding tert-OH is 2. The van der Waals surface area contributed by atoms with Crippen molar-refractivity contribution in [1.29, 1.82) is 0 Å². The van der Waals surface area contributed by atoms with Crippen LogP contribution >= 0.6 is 0 Å². The molecule has 4 N–H and O–H groups in total. The van der Waals surface area contributed by atoms with Crippen LogP contribution in [-0.4, -0.2) is 82.6 Å². The van der Waals surface area contributed by atoms with E-state index in [2.05, 4.69) is 13.8 Å². The van der Waals surface area contributed by atoms with Gasteiger partial charge >= 0.3 is 11.9 Å². The minimum atomic E-state index is -1.06. The number of carboxylic acid groups (broad SMARTS) is 2. The molecule has 0 radical (unpaired) electrons. The first-order valence-corrected chi connectivity index (χ1v) is 9.74. The highest BCUT2D eigenvalue weighted by atomic mass is 16.5. The van der Waals surface area contributed by atoms with Crippen LogP contribution in [0, 0.1) is 0 Å². The molecule has 0 aliphatic heterocycles. The number of rotatable bonds is 12. The van der Waals surface area contributed by atoms with E-state index in [9.17, 15) is 19.2 Å². The lowest BCUT2D eigenvalue weighted by atomic mass is 10.3. The Kier molecular flexibility index (Phi) is 32.1. The van der Waals surface area contributed by atoms with Gasteiger partial charge in [-0.1, -0.05) is 13.8 Å². The monoisotopic (exact) mass is 440 g/mol. The number of ether oxygens (including phenoxy) is 2. The molecule has 0 aromatic carbocycles. The second-order valence-electron chi connectivity index (χ2n) is 6.33. The Bertz CT molecular complexity index is 381. The first kappa shape index (κ1) is 35.6. The van der Waals surface area contributed by atoms with E-state index < -0.39 is 18.0 Å². The standard InChI is InChI=1S/C6H14O3.C6H14O.2C4H6O3/c1-5(8)4-9-6(2)3-7;1-3-5-7-6-4-2;2*1-3(5)2-4(6)7/h5-8H,3-4H2,1-2H3;3-6H2,1-2H3;2*2H2,1H3,(H,6,7). The molecule has 0 spiro atoms. The highest BCUT2D eigenvalue weighted by Crippen LogP contribution is 1.90. The molecule has 0 rings (SSSR count). The molecule has 0 heterocycles. The minimum Gasteiger partial charge on any atom is -0.481 e. The van der Waals surface area contributed by atoms with Gasteiger partial charge in [0.05, 0.1) is 25.4 Å². The van der Waals surface area contributed by atoms with Crippen LogP contribution in [0.25, 0.3) is 0 Å². The van der Waals surface area contributed by atoms with Crippen molar-refractivity contribution in [3.8, 4) is 0 Å². The molecular formula is C20H40O10. The highest BCUT2D eigenvalue weighted by molar-refractivity contribution is 5.93. The summed E-state index contributed by atoms with van der Waals surface area (Å²) in [7, 11) is 0. The van der Waals surface area contributed by atoms with Crippen LogP contribution < -0.4 is 0 Å². The number of hydrogen-bond donors (Lipinski definition) is 4. The topological polar surface area (TPSA) is 168 Å². The Labute approximate surface area is 179 Å². The van der Waals surface area contributed by atoms with Gasteiger partial charge < -0.3 is 29.9 Å². The Hall–Kier alpha value is -1.88. The van der Waals surface area contributed by atoms with E-state index in [0.29, 0.717) is 6.61 Å². The normalized spacial score (nSPS) is 11.2. The molecule has 0 saturated heterocycles. The first-order chi connectivity index (χ1) is 13.8. The van der Waals surface area contributed by atoms with Crippen LogP contribution in [0.3, 0.4) is 0 Å². The fourth-order valence-electron chi connectivity index (χ4n) is 1.17. The van der Waals surface area contributed by atoms with Crippen molar-refractivity contribution >= 4 is 23.5 Å². The van der Waals surface area contributed by atoms with Crippen molar-refractivity contribution < 1.29 is 49.1 Å². The largest absolute Gasteiger partial charge is 0.481 e. The molecule has 0 saturated carbocycles. The molecule has 2 unspecified atom stereocenters. The summed E-state index contributed by atoms with van der Waals surface area (Å²) in [6.45, 7) is 12.3. The van der Waals surface area contributed by atoms with Crippen LogP contribution in [0.1, 0.15) is 67.2 Å². The summed E-state index contributed by atoms with van der Waals surface area (Å²) >= 11 is 0. The zero-order valence-electron chi connectivity index (χ0n) is 19.0. The molecule has 10 heteroatoms. The summed E-state index contributed by atoms with van der Waals surface area (Å²) in [5.74, 6) is -2.75. The average Bonchev–Trinajstić information content (AvgIpc) is 2.59.